The molecule has 0 aliphatic heterocycles. The van der Waals surface area contributed by atoms with Crippen molar-refractivity contribution < 1.29 is 0 Å². The van der Waals surface area contributed by atoms with E-state index in [1.807, 2.05) is 0 Å². The van der Waals surface area contributed by atoms with E-state index in [0.29, 0.717) is 6.04 Å². The number of halogens is 1. The maximum atomic E-state index is 3.77. The first-order valence-corrected chi connectivity index (χ1v) is 8.35. The van der Waals surface area contributed by atoms with Crippen LogP contribution in [0.5, 0.6) is 0 Å². The smallest absolute Gasteiger partial charge is 0.0328 e. The van der Waals surface area contributed by atoms with Crippen LogP contribution < -0.4 is 5.32 Å². The minimum atomic E-state index is 0.531. The van der Waals surface area contributed by atoms with Crippen LogP contribution in [-0.4, -0.2) is 6.54 Å². The summed E-state index contributed by atoms with van der Waals surface area (Å²) in [6.07, 6.45) is 5.02. The molecule has 1 nitrogen and oxygen atoms in total. The Morgan fingerprint density at radius 2 is 2.11 bits per heavy atom. The molecular formula is C17H26BrN. The van der Waals surface area contributed by atoms with Crippen LogP contribution in [-0.2, 0) is 6.42 Å². The Kier molecular flexibility index (Phi) is 5.08. The number of aryl methyl sites for hydroxylation is 1. The van der Waals surface area contributed by atoms with Crippen molar-refractivity contribution in [1.29, 1.82) is 0 Å². The molecular weight excluding hydrogens is 298 g/mol. The Bertz CT molecular complexity index is 453. The van der Waals surface area contributed by atoms with Crippen molar-refractivity contribution in [3.05, 3.63) is 32.8 Å². The molecule has 0 radical (unpaired) electrons. The van der Waals surface area contributed by atoms with E-state index in [1.165, 1.54) is 41.3 Å². The minimum Gasteiger partial charge on any atom is -0.310 e. The summed E-state index contributed by atoms with van der Waals surface area (Å²) in [4.78, 5) is 0. The molecule has 0 spiro atoms. The van der Waals surface area contributed by atoms with Crippen LogP contribution in [0.4, 0.5) is 0 Å². The third-order valence-corrected chi connectivity index (χ3v) is 5.24. The van der Waals surface area contributed by atoms with Gasteiger partial charge in [-0.2, -0.15) is 0 Å². The van der Waals surface area contributed by atoms with Crippen molar-refractivity contribution >= 4 is 15.9 Å². The largest absolute Gasteiger partial charge is 0.310 e. The van der Waals surface area contributed by atoms with Gasteiger partial charge in [-0.1, -0.05) is 29.8 Å². The highest BCUT2D eigenvalue weighted by molar-refractivity contribution is 9.10. The first-order chi connectivity index (χ1) is 9.04. The van der Waals surface area contributed by atoms with E-state index in [4.69, 9.17) is 0 Å². The lowest BCUT2D eigenvalue weighted by molar-refractivity contribution is 0.408. The second-order valence-corrected chi connectivity index (χ2v) is 6.93. The number of nitrogens with one attached hydrogen (secondary N) is 1. The van der Waals surface area contributed by atoms with Gasteiger partial charge in [0.15, 0.2) is 0 Å². The predicted octanol–water partition coefficient (Wildman–Crippen LogP) is 5.08. The summed E-state index contributed by atoms with van der Waals surface area (Å²) in [7, 11) is 0. The number of fused-ring (bicyclic) bond motifs is 1. The van der Waals surface area contributed by atoms with E-state index in [2.05, 4.69) is 55.0 Å². The summed E-state index contributed by atoms with van der Waals surface area (Å²) in [5, 5.41) is 3.77. The first kappa shape index (κ1) is 15.1. The second kappa shape index (κ2) is 6.41. The average molecular weight is 324 g/mol. The van der Waals surface area contributed by atoms with Crippen LogP contribution in [0.15, 0.2) is 10.5 Å². The average Bonchev–Trinajstić information content (AvgIpc) is 2.53. The van der Waals surface area contributed by atoms with Crippen LogP contribution >= 0.6 is 15.9 Å². The van der Waals surface area contributed by atoms with Crippen LogP contribution in [0.1, 0.15) is 61.4 Å². The van der Waals surface area contributed by atoms with E-state index < -0.39 is 0 Å². The van der Waals surface area contributed by atoms with Gasteiger partial charge in [-0.15, -0.1) is 0 Å². The molecule has 0 fully saturated rings. The fourth-order valence-corrected chi connectivity index (χ4v) is 3.85. The molecule has 2 unspecified atom stereocenters. The molecule has 0 heterocycles. The van der Waals surface area contributed by atoms with E-state index >= 15 is 0 Å². The van der Waals surface area contributed by atoms with E-state index in [1.54, 1.807) is 11.1 Å². The predicted molar refractivity (Wildman–Crippen MR) is 86.8 cm³/mol. The molecule has 1 aliphatic rings. The van der Waals surface area contributed by atoms with E-state index in [0.717, 1.165) is 12.5 Å². The molecule has 0 bridgehead atoms. The summed E-state index contributed by atoms with van der Waals surface area (Å²) in [5.41, 5.74) is 6.05. The Morgan fingerprint density at radius 3 is 2.79 bits per heavy atom. The Hall–Kier alpha value is -0.340. The lowest BCUT2D eigenvalue weighted by atomic mass is 9.90. The molecule has 0 aromatic heterocycles. The molecule has 1 aromatic rings. The number of hydrogen-bond donors (Lipinski definition) is 1. The Labute approximate surface area is 126 Å². The topological polar surface area (TPSA) is 12.0 Å². The SMILES string of the molecule is CCCNC1CC(C)CCc2c(C)cc(Br)c(C)c21. The second-order valence-electron chi connectivity index (χ2n) is 6.08. The molecule has 1 aliphatic carbocycles. The molecule has 19 heavy (non-hydrogen) atoms. The van der Waals surface area contributed by atoms with Gasteiger partial charge in [-0.3, -0.25) is 0 Å². The van der Waals surface area contributed by atoms with Gasteiger partial charge >= 0.3 is 0 Å². The standard InChI is InChI=1S/C17H26BrN/c1-5-8-19-16-9-11(2)6-7-14-12(3)10-15(18)13(4)17(14)16/h10-11,16,19H,5-9H2,1-4H3. The molecule has 1 N–H and O–H groups in total. The molecule has 1 aromatic carbocycles. The van der Waals surface area contributed by atoms with Crippen molar-refractivity contribution in [2.24, 2.45) is 5.92 Å². The van der Waals surface area contributed by atoms with Gasteiger partial charge < -0.3 is 5.32 Å². The van der Waals surface area contributed by atoms with Gasteiger partial charge in [-0.05, 0) is 80.3 Å². The van der Waals surface area contributed by atoms with Crippen LogP contribution in [0.25, 0.3) is 0 Å². The maximum Gasteiger partial charge on any atom is 0.0328 e. The van der Waals surface area contributed by atoms with Crippen molar-refractivity contribution in [2.75, 3.05) is 6.54 Å². The van der Waals surface area contributed by atoms with Crippen LogP contribution in [0.2, 0.25) is 0 Å². The highest BCUT2D eigenvalue weighted by Crippen LogP contribution is 2.38. The highest BCUT2D eigenvalue weighted by Gasteiger charge is 2.25. The number of rotatable bonds is 3. The van der Waals surface area contributed by atoms with Gasteiger partial charge in [0.25, 0.3) is 0 Å². The summed E-state index contributed by atoms with van der Waals surface area (Å²) < 4.78 is 1.27. The van der Waals surface area contributed by atoms with Gasteiger partial charge in [0.2, 0.25) is 0 Å². The zero-order chi connectivity index (χ0) is 14.0. The first-order valence-electron chi connectivity index (χ1n) is 7.56. The molecule has 0 amide bonds. The van der Waals surface area contributed by atoms with Gasteiger partial charge in [0.05, 0.1) is 0 Å². The minimum absolute atomic E-state index is 0.531. The monoisotopic (exact) mass is 323 g/mol. The number of hydrogen-bond acceptors (Lipinski definition) is 1. The maximum absolute atomic E-state index is 3.77. The Balaban J connectivity index is 2.47. The van der Waals surface area contributed by atoms with Crippen molar-refractivity contribution in [2.45, 2.75) is 59.4 Å². The molecule has 2 rings (SSSR count). The quantitative estimate of drug-likeness (QED) is 0.765. The zero-order valence-electron chi connectivity index (χ0n) is 12.6. The molecule has 0 saturated carbocycles. The molecule has 0 saturated heterocycles. The number of benzene rings is 1. The van der Waals surface area contributed by atoms with Crippen LogP contribution in [0, 0.1) is 19.8 Å². The third kappa shape index (κ3) is 3.22. The summed E-state index contributed by atoms with van der Waals surface area (Å²) in [5.74, 6) is 0.805. The molecule has 2 heteroatoms. The lowest BCUT2D eigenvalue weighted by Gasteiger charge is -2.24. The molecule has 2 atom stereocenters. The van der Waals surface area contributed by atoms with Crippen molar-refractivity contribution in [3.63, 3.8) is 0 Å². The van der Waals surface area contributed by atoms with Crippen molar-refractivity contribution in [1.82, 2.24) is 5.32 Å². The van der Waals surface area contributed by atoms with Crippen LogP contribution in [0.3, 0.4) is 0 Å². The Morgan fingerprint density at radius 1 is 1.37 bits per heavy atom. The van der Waals surface area contributed by atoms with E-state index in [9.17, 15) is 0 Å². The normalized spacial score (nSPS) is 23.0. The van der Waals surface area contributed by atoms with Gasteiger partial charge in [0, 0.05) is 10.5 Å². The summed E-state index contributed by atoms with van der Waals surface area (Å²) >= 11 is 3.73. The van der Waals surface area contributed by atoms with Crippen molar-refractivity contribution in [3.8, 4) is 0 Å². The fourth-order valence-electron chi connectivity index (χ4n) is 3.29. The summed E-state index contributed by atoms with van der Waals surface area (Å²) in [6.45, 7) is 10.3. The van der Waals surface area contributed by atoms with Gasteiger partial charge in [-0.25, -0.2) is 0 Å². The van der Waals surface area contributed by atoms with Gasteiger partial charge in [0.1, 0.15) is 0 Å². The highest BCUT2D eigenvalue weighted by atomic mass is 79.9. The fraction of sp³-hybridized carbons (Fsp3) is 0.647. The lowest BCUT2D eigenvalue weighted by Crippen LogP contribution is -2.24. The third-order valence-electron chi connectivity index (χ3n) is 4.42. The summed E-state index contributed by atoms with van der Waals surface area (Å²) in [6, 6.07) is 2.82. The zero-order valence-corrected chi connectivity index (χ0v) is 14.2. The molecule has 106 valence electrons. The van der Waals surface area contributed by atoms with E-state index in [-0.39, 0.29) is 0 Å².